The van der Waals surface area contributed by atoms with Gasteiger partial charge in [-0.3, -0.25) is 0 Å². The molecule has 7 nitrogen and oxygen atoms in total. The monoisotopic (exact) mass is 262 g/mol. The maximum absolute atomic E-state index is 11.8. The van der Waals surface area contributed by atoms with Crippen LogP contribution < -0.4 is 4.72 Å². The van der Waals surface area contributed by atoms with E-state index in [9.17, 15) is 13.2 Å². The van der Waals surface area contributed by atoms with E-state index < -0.39 is 22.0 Å². The van der Waals surface area contributed by atoms with Gasteiger partial charge in [-0.15, -0.1) is 0 Å². The second kappa shape index (κ2) is 4.86. The first kappa shape index (κ1) is 13.7. The Labute approximate surface area is 98.7 Å². The summed E-state index contributed by atoms with van der Waals surface area (Å²) in [5.41, 5.74) is -0.123. The van der Waals surface area contributed by atoms with E-state index in [2.05, 4.69) is 4.72 Å². The van der Waals surface area contributed by atoms with Gasteiger partial charge in [0.2, 0.25) is 10.0 Å². The van der Waals surface area contributed by atoms with E-state index in [1.807, 2.05) is 0 Å². The molecule has 17 heavy (non-hydrogen) atoms. The Balaban J connectivity index is 3.08. The minimum atomic E-state index is -3.80. The third-order valence-corrected chi connectivity index (χ3v) is 3.70. The molecule has 1 heterocycles. The van der Waals surface area contributed by atoms with Crippen molar-refractivity contribution in [3.8, 4) is 0 Å². The van der Waals surface area contributed by atoms with E-state index in [0.717, 1.165) is 6.07 Å². The Morgan fingerprint density at radius 3 is 2.59 bits per heavy atom. The predicted molar refractivity (Wildman–Crippen MR) is 59.2 cm³/mol. The van der Waals surface area contributed by atoms with Gasteiger partial charge in [0.25, 0.3) is 0 Å². The SMILES string of the molecule is CC(CO)NS(=O)(=O)c1cc(C(=O)O)n(C)c1. The standard InChI is InChI=1S/C9H14N2O5S/c1-6(5-12)10-17(15,16)7-3-8(9(13)14)11(2)4-7/h3-4,6,10,12H,5H2,1-2H3,(H,13,14). The highest BCUT2D eigenvalue weighted by Gasteiger charge is 2.21. The molecular weight excluding hydrogens is 248 g/mol. The molecule has 0 bridgehead atoms. The molecule has 3 N–H and O–H groups in total. The van der Waals surface area contributed by atoms with Crippen molar-refractivity contribution in [1.29, 1.82) is 0 Å². The second-order valence-electron chi connectivity index (χ2n) is 3.68. The highest BCUT2D eigenvalue weighted by atomic mass is 32.2. The van der Waals surface area contributed by atoms with Crippen LogP contribution in [0.2, 0.25) is 0 Å². The van der Waals surface area contributed by atoms with E-state index in [-0.39, 0.29) is 17.2 Å². The largest absolute Gasteiger partial charge is 0.477 e. The Morgan fingerprint density at radius 2 is 2.18 bits per heavy atom. The number of hydrogen-bond donors (Lipinski definition) is 3. The van der Waals surface area contributed by atoms with Gasteiger partial charge in [0.1, 0.15) is 10.6 Å². The van der Waals surface area contributed by atoms with Gasteiger partial charge >= 0.3 is 5.97 Å². The van der Waals surface area contributed by atoms with Crippen molar-refractivity contribution in [2.24, 2.45) is 7.05 Å². The number of carboxylic acids is 1. The molecule has 1 aromatic heterocycles. The first-order valence-corrected chi connectivity index (χ1v) is 6.29. The number of nitrogens with zero attached hydrogens (tertiary/aromatic N) is 1. The Bertz CT molecular complexity index is 519. The Kier molecular flexibility index (Phi) is 3.91. The quantitative estimate of drug-likeness (QED) is 0.655. The minimum Gasteiger partial charge on any atom is -0.477 e. The molecule has 0 fully saturated rings. The van der Waals surface area contributed by atoms with Gasteiger partial charge < -0.3 is 14.8 Å². The number of aromatic carboxylic acids is 1. The molecule has 1 rings (SSSR count). The summed E-state index contributed by atoms with van der Waals surface area (Å²) in [5, 5.41) is 17.6. The predicted octanol–water partition coefficient (Wildman–Crippen LogP) is -0.618. The van der Waals surface area contributed by atoms with Crippen LogP contribution in [0.1, 0.15) is 17.4 Å². The lowest BCUT2D eigenvalue weighted by Gasteiger charge is -2.09. The number of aliphatic hydroxyl groups excluding tert-OH is 1. The molecule has 0 saturated carbocycles. The van der Waals surface area contributed by atoms with Gasteiger partial charge in [0, 0.05) is 19.3 Å². The molecule has 0 aliphatic rings. The van der Waals surface area contributed by atoms with Crippen molar-refractivity contribution in [3.05, 3.63) is 18.0 Å². The zero-order chi connectivity index (χ0) is 13.2. The summed E-state index contributed by atoms with van der Waals surface area (Å²) >= 11 is 0. The number of hydrogen-bond acceptors (Lipinski definition) is 4. The zero-order valence-electron chi connectivity index (χ0n) is 9.41. The second-order valence-corrected chi connectivity index (χ2v) is 5.40. The molecular formula is C9H14N2O5S. The van der Waals surface area contributed by atoms with Crippen molar-refractivity contribution < 1.29 is 23.4 Å². The summed E-state index contributed by atoms with van der Waals surface area (Å²) in [4.78, 5) is 10.6. The van der Waals surface area contributed by atoms with Crippen molar-refractivity contribution >= 4 is 16.0 Å². The number of aryl methyl sites for hydroxylation is 1. The average Bonchev–Trinajstić information content (AvgIpc) is 2.60. The van der Waals surface area contributed by atoms with Crippen LogP contribution in [0.5, 0.6) is 0 Å². The van der Waals surface area contributed by atoms with E-state index in [0.29, 0.717) is 0 Å². The minimum absolute atomic E-state index is 0.123. The fourth-order valence-corrected chi connectivity index (χ4v) is 2.57. The van der Waals surface area contributed by atoms with Crippen molar-refractivity contribution in [3.63, 3.8) is 0 Å². The first-order chi connectivity index (χ1) is 7.77. The van der Waals surface area contributed by atoms with Crippen LogP contribution in [0, 0.1) is 0 Å². The van der Waals surface area contributed by atoms with Crippen LogP contribution >= 0.6 is 0 Å². The van der Waals surface area contributed by atoms with Crippen LogP contribution in [0.3, 0.4) is 0 Å². The Morgan fingerprint density at radius 1 is 1.59 bits per heavy atom. The highest BCUT2D eigenvalue weighted by Crippen LogP contribution is 2.13. The molecule has 0 radical (unpaired) electrons. The summed E-state index contributed by atoms with van der Waals surface area (Å²) in [5.74, 6) is -1.20. The van der Waals surface area contributed by atoms with Gasteiger partial charge in [-0.25, -0.2) is 17.9 Å². The number of nitrogens with one attached hydrogen (secondary N) is 1. The first-order valence-electron chi connectivity index (χ1n) is 4.80. The lowest BCUT2D eigenvalue weighted by atomic mass is 10.4. The topological polar surface area (TPSA) is 109 Å². The fourth-order valence-electron chi connectivity index (χ4n) is 1.26. The van der Waals surface area contributed by atoms with Crippen molar-refractivity contribution in [2.75, 3.05) is 6.61 Å². The van der Waals surface area contributed by atoms with Crippen LogP contribution in [0.4, 0.5) is 0 Å². The zero-order valence-corrected chi connectivity index (χ0v) is 10.2. The van der Waals surface area contributed by atoms with Gasteiger partial charge in [-0.05, 0) is 13.0 Å². The molecule has 1 atom stereocenters. The third kappa shape index (κ3) is 3.05. The van der Waals surface area contributed by atoms with Crippen LogP contribution in [-0.2, 0) is 17.1 Å². The maximum atomic E-state index is 11.8. The summed E-state index contributed by atoms with van der Waals surface area (Å²) in [6, 6.07) is 0.433. The van der Waals surface area contributed by atoms with E-state index in [1.165, 1.54) is 24.7 Å². The van der Waals surface area contributed by atoms with Gasteiger partial charge in [-0.1, -0.05) is 0 Å². The molecule has 0 aliphatic carbocycles. The normalized spacial score (nSPS) is 13.6. The van der Waals surface area contributed by atoms with Crippen molar-refractivity contribution in [2.45, 2.75) is 17.9 Å². The van der Waals surface area contributed by atoms with Gasteiger partial charge in [-0.2, -0.15) is 0 Å². The molecule has 1 aromatic rings. The number of carbonyl (C=O) groups is 1. The number of aromatic nitrogens is 1. The average molecular weight is 262 g/mol. The summed E-state index contributed by atoms with van der Waals surface area (Å²) < 4.78 is 26.9. The van der Waals surface area contributed by atoms with Gasteiger partial charge in [0.15, 0.2) is 0 Å². The van der Waals surface area contributed by atoms with Gasteiger partial charge in [0.05, 0.1) is 6.61 Å². The summed E-state index contributed by atoms with van der Waals surface area (Å²) in [6.07, 6.45) is 1.20. The lowest BCUT2D eigenvalue weighted by molar-refractivity contribution is 0.0686. The fraction of sp³-hybridized carbons (Fsp3) is 0.444. The third-order valence-electron chi connectivity index (χ3n) is 2.14. The van der Waals surface area contributed by atoms with E-state index in [1.54, 1.807) is 0 Å². The lowest BCUT2D eigenvalue weighted by Crippen LogP contribution is -2.34. The summed E-state index contributed by atoms with van der Waals surface area (Å²) in [7, 11) is -2.36. The van der Waals surface area contributed by atoms with E-state index in [4.69, 9.17) is 10.2 Å². The summed E-state index contributed by atoms with van der Waals surface area (Å²) in [6.45, 7) is 1.16. The number of sulfonamides is 1. The number of rotatable bonds is 5. The molecule has 0 saturated heterocycles. The van der Waals surface area contributed by atoms with Crippen LogP contribution in [0.15, 0.2) is 17.2 Å². The number of aliphatic hydroxyl groups is 1. The maximum Gasteiger partial charge on any atom is 0.352 e. The number of carboxylic acid groups (broad SMARTS) is 1. The molecule has 0 amide bonds. The van der Waals surface area contributed by atoms with E-state index >= 15 is 0 Å². The van der Waals surface area contributed by atoms with Crippen molar-refractivity contribution in [1.82, 2.24) is 9.29 Å². The highest BCUT2D eigenvalue weighted by molar-refractivity contribution is 7.89. The van der Waals surface area contributed by atoms with Crippen LogP contribution in [0.25, 0.3) is 0 Å². The van der Waals surface area contributed by atoms with Crippen LogP contribution in [-0.4, -0.2) is 41.8 Å². The molecule has 0 spiro atoms. The smallest absolute Gasteiger partial charge is 0.352 e. The molecule has 1 unspecified atom stereocenters. The molecule has 96 valence electrons. The molecule has 8 heteroatoms. The molecule has 0 aromatic carbocycles. The Hall–Kier alpha value is -1.38. The molecule has 0 aliphatic heterocycles.